The zero-order chi connectivity index (χ0) is 25.7. The molecule has 2 aliphatic rings. The third-order valence-electron chi connectivity index (χ3n) is 7.63. The Morgan fingerprint density at radius 3 is 2.47 bits per heavy atom. The number of benzene rings is 1. The molecule has 1 aromatic carbocycles. The van der Waals surface area contributed by atoms with E-state index in [1.165, 1.54) is 29.9 Å². The zero-order valence-electron chi connectivity index (χ0n) is 21.5. The number of rotatable bonds is 8. The third-order valence-corrected chi connectivity index (χ3v) is 10.6. The van der Waals surface area contributed by atoms with Crippen LogP contribution in [-0.4, -0.2) is 66.0 Å². The van der Waals surface area contributed by atoms with Gasteiger partial charge < -0.3 is 5.32 Å². The number of nitrogens with zero attached hydrogens (tertiary/aromatic N) is 3. The lowest BCUT2D eigenvalue weighted by Gasteiger charge is -2.35. The number of pyridine rings is 1. The maximum absolute atomic E-state index is 13.2. The van der Waals surface area contributed by atoms with Crippen molar-refractivity contribution in [3.8, 4) is 0 Å². The van der Waals surface area contributed by atoms with Crippen LogP contribution in [0.15, 0.2) is 58.6 Å². The standard InChI is InChI=1S/C27H38N4O3S2/c1-20-8-7-11-25(21(20)2)29-27(32)22(3)35-26-13-12-24(18-28-26)36(33,34)31-16-14-30(15-17-31)19-23-9-5-4-6-10-23/h4-6,9-10,12-13,18,20-22,25H,7-8,11,14-17,19H2,1-3H3,(H,29,32). The topological polar surface area (TPSA) is 82.6 Å². The van der Waals surface area contributed by atoms with Gasteiger partial charge in [0.15, 0.2) is 0 Å². The number of piperazine rings is 1. The smallest absolute Gasteiger partial charge is 0.244 e. The van der Waals surface area contributed by atoms with Crippen LogP contribution >= 0.6 is 11.8 Å². The summed E-state index contributed by atoms with van der Waals surface area (Å²) in [7, 11) is -3.59. The molecule has 4 unspecified atom stereocenters. The van der Waals surface area contributed by atoms with Crippen LogP contribution in [0.5, 0.6) is 0 Å². The normalized spacial score (nSPS) is 24.8. The van der Waals surface area contributed by atoms with Gasteiger partial charge in [0.25, 0.3) is 0 Å². The molecule has 196 valence electrons. The molecule has 4 atom stereocenters. The molecule has 36 heavy (non-hydrogen) atoms. The van der Waals surface area contributed by atoms with Crippen molar-refractivity contribution in [2.45, 2.75) is 67.8 Å². The molecule has 0 radical (unpaired) electrons. The van der Waals surface area contributed by atoms with Crippen molar-refractivity contribution < 1.29 is 13.2 Å². The van der Waals surface area contributed by atoms with E-state index < -0.39 is 10.0 Å². The first-order valence-electron chi connectivity index (χ1n) is 12.9. The predicted molar refractivity (Wildman–Crippen MR) is 144 cm³/mol. The number of nitrogens with one attached hydrogen (secondary N) is 1. The highest BCUT2D eigenvalue weighted by molar-refractivity contribution is 8.00. The van der Waals surface area contributed by atoms with Crippen LogP contribution < -0.4 is 5.32 Å². The fourth-order valence-corrected chi connectivity index (χ4v) is 7.19. The summed E-state index contributed by atoms with van der Waals surface area (Å²) in [6.07, 6.45) is 4.82. The second kappa shape index (κ2) is 12.1. The molecular weight excluding hydrogens is 492 g/mol. The summed E-state index contributed by atoms with van der Waals surface area (Å²) in [6.45, 7) is 9.48. The molecule has 1 amide bonds. The van der Waals surface area contributed by atoms with Gasteiger partial charge in [-0.3, -0.25) is 9.69 Å². The monoisotopic (exact) mass is 530 g/mol. The van der Waals surface area contributed by atoms with E-state index in [1.54, 1.807) is 16.4 Å². The van der Waals surface area contributed by atoms with Crippen molar-refractivity contribution >= 4 is 27.7 Å². The van der Waals surface area contributed by atoms with Crippen LogP contribution in [0.1, 0.15) is 45.6 Å². The summed E-state index contributed by atoms with van der Waals surface area (Å²) in [4.78, 5) is 19.6. The minimum absolute atomic E-state index is 0.0119. The van der Waals surface area contributed by atoms with Gasteiger partial charge in [0.2, 0.25) is 15.9 Å². The highest BCUT2D eigenvalue weighted by Crippen LogP contribution is 2.30. The predicted octanol–water partition coefficient (Wildman–Crippen LogP) is 4.01. The Balaban J connectivity index is 1.29. The minimum atomic E-state index is -3.59. The number of carbonyl (C=O) groups is 1. The molecule has 4 rings (SSSR count). The summed E-state index contributed by atoms with van der Waals surface area (Å²) >= 11 is 1.36. The van der Waals surface area contributed by atoms with E-state index in [0.717, 1.165) is 19.4 Å². The summed E-state index contributed by atoms with van der Waals surface area (Å²) in [5.41, 5.74) is 1.23. The van der Waals surface area contributed by atoms with Gasteiger partial charge in [0.1, 0.15) is 4.90 Å². The van der Waals surface area contributed by atoms with Crippen molar-refractivity contribution in [3.05, 3.63) is 54.2 Å². The average molecular weight is 531 g/mol. The maximum atomic E-state index is 13.2. The quantitative estimate of drug-likeness (QED) is 0.520. The van der Waals surface area contributed by atoms with E-state index in [2.05, 4.69) is 41.2 Å². The Labute approximate surface area is 220 Å². The lowest BCUT2D eigenvalue weighted by atomic mass is 9.78. The van der Waals surface area contributed by atoms with E-state index in [9.17, 15) is 13.2 Å². The lowest BCUT2D eigenvalue weighted by Crippen LogP contribution is -2.48. The van der Waals surface area contributed by atoms with Gasteiger partial charge in [-0.2, -0.15) is 4.31 Å². The van der Waals surface area contributed by atoms with Gasteiger partial charge in [0, 0.05) is 45.0 Å². The van der Waals surface area contributed by atoms with Crippen molar-refractivity contribution in [2.75, 3.05) is 26.2 Å². The van der Waals surface area contributed by atoms with Gasteiger partial charge >= 0.3 is 0 Å². The first-order chi connectivity index (χ1) is 17.2. The van der Waals surface area contributed by atoms with E-state index in [0.29, 0.717) is 43.0 Å². The zero-order valence-corrected chi connectivity index (χ0v) is 23.1. The molecule has 1 aromatic heterocycles. The van der Waals surface area contributed by atoms with Crippen LogP contribution in [0.4, 0.5) is 0 Å². The van der Waals surface area contributed by atoms with Crippen LogP contribution in [0.2, 0.25) is 0 Å². The number of amides is 1. The second-order valence-corrected chi connectivity index (χ2v) is 13.4. The SMILES string of the molecule is CC(Sc1ccc(S(=O)(=O)N2CCN(Cc3ccccc3)CC2)cn1)C(=O)NC1CCCC(C)C1C. The van der Waals surface area contributed by atoms with Gasteiger partial charge in [-0.1, -0.05) is 68.8 Å². The first-order valence-corrected chi connectivity index (χ1v) is 15.3. The fourth-order valence-electron chi connectivity index (χ4n) is 5.03. The Morgan fingerprint density at radius 1 is 1.08 bits per heavy atom. The number of aromatic nitrogens is 1. The van der Waals surface area contributed by atoms with E-state index in [-0.39, 0.29) is 22.1 Å². The van der Waals surface area contributed by atoms with E-state index in [1.807, 2.05) is 25.1 Å². The van der Waals surface area contributed by atoms with Gasteiger partial charge in [-0.05, 0) is 42.9 Å². The molecular formula is C27H38N4O3S2. The van der Waals surface area contributed by atoms with E-state index in [4.69, 9.17) is 0 Å². The second-order valence-electron chi connectivity index (χ2n) is 10.1. The molecule has 1 N–H and O–H groups in total. The Bertz CT molecular complexity index is 1100. The molecule has 7 nitrogen and oxygen atoms in total. The number of thioether (sulfide) groups is 1. The molecule has 2 fully saturated rings. The van der Waals surface area contributed by atoms with Crippen LogP contribution in [0.3, 0.4) is 0 Å². The third kappa shape index (κ3) is 6.68. The summed E-state index contributed by atoms with van der Waals surface area (Å²) < 4.78 is 27.9. The molecule has 1 aliphatic heterocycles. The first kappa shape index (κ1) is 27.1. The number of hydrogen-bond acceptors (Lipinski definition) is 6. The fraction of sp³-hybridized carbons (Fsp3) is 0.556. The molecule has 1 saturated heterocycles. The minimum Gasteiger partial charge on any atom is -0.352 e. The Hall–Kier alpha value is -1.94. The number of sulfonamides is 1. The van der Waals surface area contributed by atoms with Gasteiger partial charge in [0.05, 0.1) is 10.3 Å². The van der Waals surface area contributed by atoms with Crippen LogP contribution in [0, 0.1) is 11.8 Å². The highest BCUT2D eigenvalue weighted by Gasteiger charge is 2.31. The van der Waals surface area contributed by atoms with Crippen molar-refractivity contribution in [2.24, 2.45) is 11.8 Å². The number of hydrogen-bond donors (Lipinski definition) is 1. The average Bonchev–Trinajstić information content (AvgIpc) is 2.88. The molecule has 1 saturated carbocycles. The molecule has 0 spiro atoms. The van der Waals surface area contributed by atoms with Crippen molar-refractivity contribution in [1.82, 2.24) is 19.5 Å². The maximum Gasteiger partial charge on any atom is 0.244 e. The summed E-state index contributed by atoms with van der Waals surface area (Å²) in [5, 5.41) is 3.57. The van der Waals surface area contributed by atoms with Crippen molar-refractivity contribution in [1.29, 1.82) is 0 Å². The van der Waals surface area contributed by atoms with Crippen LogP contribution in [-0.2, 0) is 21.4 Å². The number of carbonyl (C=O) groups excluding carboxylic acids is 1. The molecule has 0 bridgehead atoms. The Morgan fingerprint density at radius 2 is 1.81 bits per heavy atom. The van der Waals surface area contributed by atoms with Crippen LogP contribution in [0.25, 0.3) is 0 Å². The molecule has 2 heterocycles. The van der Waals surface area contributed by atoms with Gasteiger partial charge in [-0.25, -0.2) is 13.4 Å². The van der Waals surface area contributed by atoms with E-state index >= 15 is 0 Å². The summed E-state index contributed by atoms with van der Waals surface area (Å²) in [5.74, 6) is 1.11. The van der Waals surface area contributed by atoms with Crippen molar-refractivity contribution in [3.63, 3.8) is 0 Å². The molecule has 1 aliphatic carbocycles. The van der Waals surface area contributed by atoms with Gasteiger partial charge in [-0.15, -0.1) is 0 Å². The highest BCUT2D eigenvalue weighted by atomic mass is 32.2. The largest absolute Gasteiger partial charge is 0.352 e. The Kier molecular flexibility index (Phi) is 9.09. The lowest BCUT2D eigenvalue weighted by molar-refractivity contribution is -0.121. The summed E-state index contributed by atoms with van der Waals surface area (Å²) in [6, 6.07) is 13.8. The molecule has 9 heteroatoms. The molecule has 2 aromatic rings.